The number of rotatable bonds is 16. The summed E-state index contributed by atoms with van der Waals surface area (Å²) in [7, 11) is 1.41. The van der Waals surface area contributed by atoms with Gasteiger partial charge in [-0.2, -0.15) is 0 Å². The van der Waals surface area contributed by atoms with Gasteiger partial charge in [-0.15, -0.1) is 0 Å². The van der Waals surface area contributed by atoms with E-state index >= 15 is 0 Å². The molecule has 0 aromatic rings. The lowest BCUT2D eigenvalue weighted by Gasteiger charge is -2.03. The maximum atomic E-state index is 2.30. The molecule has 0 aliphatic rings. The van der Waals surface area contributed by atoms with Crippen LogP contribution in [0.1, 0.15) is 110 Å². The molecular formula is C18H40Si. The molecule has 0 aromatic carbocycles. The second-order valence-corrected chi connectivity index (χ2v) is 7.30. The summed E-state index contributed by atoms with van der Waals surface area (Å²) in [6.45, 7) is 2.30. The molecule has 19 heavy (non-hydrogen) atoms. The van der Waals surface area contributed by atoms with Gasteiger partial charge >= 0.3 is 0 Å². The van der Waals surface area contributed by atoms with E-state index in [4.69, 9.17) is 0 Å². The molecule has 0 unspecified atom stereocenters. The van der Waals surface area contributed by atoms with E-state index < -0.39 is 0 Å². The Morgan fingerprint density at radius 1 is 0.421 bits per heavy atom. The van der Waals surface area contributed by atoms with Crippen LogP contribution in [0, 0.1) is 0 Å². The van der Waals surface area contributed by atoms with Crippen LogP contribution in [0.2, 0.25) is 6.04 Å². The highest BCUT2D eigenvalue weighted by atomic mass is 28.1. The van der Waals surface area contributed by atoms with Gasteiger partial charge in [0.15, 0.2) is 0 Å². The first-order chi connectivity index (χ1) is 9.41. The molecule has 0 aliphatic heterocycles. The fourth-order valence-corrected chi connectivity index (χ4v) is 3.30. The molecule has 116 valence electrons. The standard InChI is InChI=1S/C18H40Si/c1-2-3-4-5-6-7-8-9-10-11-12-13-14-15-16-17-18-19/h2-18H2,1,19H3. The van der Waals surface area contributed by atoms with E-state index in [1.54, 1.807) is 0 Å². The summed E-state index contributed by atoms with van der Waals surface area (Å²) in [5, 5.41) is 0. The fourth-order valence-electron chi connectivity index (χ4n) is 2.80. The van der Waals surface area contributed by atoms with Gasteiger partial charge in [0, 0.05) is 10.2 Å². The Bertz CT molecular complexity index is 129. The zero-order valence-corrected chi connectivity index (χ0v) is 16.0. The van der Waals surface area contributed by atoms with Crippen LogP contribution in [0.25, 0.3) is 0 Å². The van der Waals surface area contributed by atoms with Crippen molar-refractivity contribution in [2.75, 3.05) is 0 Å². The molecule has 1 heteroatoms. The third-order valence-corrected chi connectivity index (χ3v) is 4.91. The topological polar surface area (TPSA) is 0 Å². The molecule has 0 saturated carbocycles. The Balaban J connectivity index is 2.88. The first-order valence-corrected chi connectivity index (χ1v) is 10.8. The van der Waals surface area contributed by atoms with Crippen LogP contribution in [-0.4, -0.2) is 10.2 Å². The number of hydrogen-bond acceptors (Lipinski definition) is 0. The van der Waals surface area contributed by atoms with Gasteiger partial charge in [0.05, 0.1) is 0 Å². The van der Waals surface area contributed by atoms with Crippen LogP contribution in [0.15, 0.2) is 0 Å². The second-order valence-electron chi connectivity index (χ2n) is 6.30. The first-order valence-electron chi connectivity index (χ1n) is 9.41. The van der Waals surface area contributed by atoms with Gasteiger partial charge in [0.2, 0.25) is 0 Å². The minimum atomic E-state index is 1.38. The summed E-state index contributed by atoms with van der Waals surface area (Å²) in [4.78, 5) is 0. The Morgan fingerprint density at radius 3 is 0.947 bits per heavy atom. The summed E-state index contributed by atoms with van der Waals surface area (Å²) in [5.74, 6) is 0. The minimum Gasteiger partial charge on any atom is -0.0658 e. The highest BCUT2D eigenvalue weighted by Gasteiger charge is 1.94. The number of hydrogen-bond donors (Lipinski definition) is 0. The fraction of sp³-hybridized carbons (Fsp3) is 1.00. The predicted molar refractivity (Wildman–Crippen MR) is 94.3 cm³/mol. The van der Waals surface area contributed by atoms with Gasteiger partial charge < -0.3 is 0 Å². The molecule has 0 bridgehead atoms. The van der Waals surface area contributed by atoms with Crippen LogP contribution in [0.3, 0.4) is 0 Å². The third kappa shape index (κ3) is 18.2. The van der Waals surface area contributed by atoms with Crippen LogP contribution in [-0.2, 0) is 0 Å². The van der Waals surface area contributed by atoms with Crippen LogP contribution >= 0.6 is 0 Å². The average Bonchev–Trinajstić information content (AvgIpc) is 2.43. The van der Waals surface area contributed by atoms with E-state index in [1.165, 1.54) is 119 Å². The molecule has 0 N–H and O–H groups in total. The summed E-state index contributed by atoms with van der Waals surface area (Å²) < 4.78 is 0. The molecule has 0 fully saturated rings. The lowest BCUT2D eigenvalue weighted by Crippen LogP contribution is -1.83. The average molecular weight is 285 g/mol. The largest absolute Gasteiger partial charge is 0.0658 e. The lowest BCUT2D eigenvalue weighted by molar-refractivity contribution is 0.531. The molecule has 0 atom stereocenters. The molecular weight excluding hydrogens is 244 g/mol. The van der Waals surface area contributed by atoms with Crippen molar-refractivity contribution >= 4 is 10.2 Å². The van der Waals surface area contributed by atoms with Crippen molar-refractivity contribution in [3.05, 3.63) is 0 Å². The summed E-state index contributed by atoms with van der Waals surface area (Å²) in [5.41, 5.74) is 0. The van der Waals surface area contributed by atoms with Crippen LogP contribution in [0.5, 0.6) is 0 Å². The Morgan fingerprint density at radius 2 is 0.684 bits per heavy atom. The van der Waals surface area contributed by atoms with E-state index in [0.29, 0.717) is 0 Å². The van der Waals surface area contributed by atoms with E-state index in [0.717, 1.165) is 0 Å². The summed E-state index contributed by atoms with van der Waals surface area (Å²) in [6.07, 6.45) is 23.7. The summed E-state index contributed by atoms with van der Waals surface area (Å²) >= 11 is 0. The smallest absolute Gasteiger partial charge is 0.00279 e. The van der Waals surface area contributed by atoms with E-state index in [2.05, 4.69) is 6.92 Å². The molecule has 0 heterocycles. The van der Waals surface area contributed by atoms with E-state index in [9.17, 15) is 0 Å². The van der Waals surface area contributed by atoms with Gasteiger partial charge in [0.25, 0.3) is 0 Å². The monoisotopic (exact) mass is 284 g/mol. The molecule has 0 aliphatic carbocycles. The van der Waals surface area contributed by atoms with Gasteiger partial charge in [-0.25, -0.2) is 0 Å². The number of unbranched alkanes of at least 4 members (excludes halogenated alkanes) is 15. The highest BCUT2D eigenvalue weighted by Crippen LogP contribution is 2.13. The van der Waals surface area contributed by atoms with Crippen molar-refractivity contribution in [1.29, 1.82) is 0 Å². The molecule has 0 spiro atoms. The van der Waals surface area contributed by atoms with Gasteiger partial charge in [-0.05, 0) is 0 Å². The maximum absolute atomic E-state index is 2.30. The first kappa shape index (κ1) is 19.2. The quantitative estimate of drug-likeness (QED) is 0.240. The molecule has 0 amide bonds. The van der Waals surface area contributed by atoms with Gasteiger partial charge in [-0.1, -0.05) is 116 Å². The minimum absolute atomic E-state index is 1.38. The second kappa shape index (κ2) is 18.2. The molecule has 0 nitrogen and oxygen atoms in total. The molecule has 0 rings (SSSR count). The zero-order chi connectivity index (χ0) is 14.0. The predicted octanol–water partition coefficient (Wildman–Crippen LogP) is 6.03. The lowest BCUT2D eigenvalue weighted by atomic mass is 10.0. The van der Waals surface area contributed by atoms with Gasteiger partial charge in [-0.3, -0.25) is 0 Å². The third-order valence-electron chi connectivity index (χ3n) is 4.21. The van der Waals surface area contributed by atoms with Crippen molar-refractivity contribution in [2.45, 2.75) is 116 Å². The Labute approximate surface area is 126 Å². The Hall–Kier alpha value is 0.217. The maximum Gasteiger partial charge on any atom is 0.00279 e. The molecule has 0 radical (unpaired) electrons. The highest BCUT2D eigenvalue weighted by molar-refractivity contribution is 6.08. The van der Waals surface area contributed by atoms with Crippen LogP contribution < -0.4 is 0 Å². The zero-order valence-electron chi connectivity index (χ0n) is 14.0. The van der Waals surface area contributed by atoms with Gasteiger partial charge in [0.1, 0.15) is 0 Å². The van der Waals surface area contributed by atoms with Crippen molar-refractivity contribution in [1.82, 2.24) is 0 Å². The van der Waals surface area contributed by atoms with Crippen molar-refractivity contribution in [2.24, 2.45) is 0 Å². The Kier molecular flexibility index (Phi) is 18.4. The summed E-state index contributed by atoms with van der Waals surface area (Å²) in [6, 6.07) is 1.51. The van der Waals surface area contributed by atoms with E-state index in [-0.39, 0.29) is 0 Å². The SMILES string of the molecule is CCCCCCCCCCCCCCCCCC[SiH3]. The van der Waals surface area contributed by atoms with Crippen LogP contribution in [0.4, 0.5) is 0 Å². The van der Waals surface area contributed by atoms with Crippen molar-refractivity contribution in [3.63, 3.8) is 0 Å². The van der Waals surface area contributed by atoms with Crippen molar-refractivity contribution < 1.29 is 0 Å². The molecule has 0 saturated heterocycles. The molecule has 0 aromatic heterocycles. The van der Waals surface area contributed by atoms with Crippen molar-refractivity contribution in [3.8, 4) is 0 Å². The van der Waals surface area contributed by atoms with E-state index in [1.807, 2.05) is 0 Å². The normalized spacial score (nSPS) is 11.2.